The van der Waals surface area contributed by atoms with Crippen molar-refractivity contribution in [3.63, 3.8) is 0 Å². The molecule has 2 aromatic rings. The van der Waals surface area contributed by atoms with Crippen molar-refractivity contribution in [1.82, 2.24) is 0 Å². The monoisotopic (exact) mass is 238 g/mol. The Morgan fingerprint density at radius 1 is 1.06 bits per heavy atom. The Morgan fingerprint density at radius 3 is 2.61 bits per heavy atom. The summed E-state index contributed by atoms with van der Waals surface area (Å²) in [6.45, 7) is 0.609. The van der Waals surface area contributed by atoms with Crippen molar-refractivity contribution in [3.05, 3.63) is 65.7 Å². The molecule has 0 spiro atoms. The average Bonchev–Trinajstić information content (AvgIpc) is 2.83. The second-order valence-corrected chi connectivity index (χ2v) is 4.54. The number of rotatable bonds is 3. The fourth-order valence-electron chi connectivity index (χ4n) is 2.36. The third-order valence-electron chi connectivity index (χ3n) is 3.33. The molecule has 0 N–H and O–H groups in total. The van der Waals surface area contributed by atoms with E-state index in [1.807, 2.05) is 54.6 Å². The van der Waals surface area contributed by atoms with Crippen LogP contribution in [0.2, 0.25) is 0 Å². The molecule has 2 aromatic carbocycles. The van der Waals surface area contributed by atoms with Gasteiger partial charge in [-0.1, -0.05) is 48.5 Å². The van der Waals surface area contributed by atoms with E-state index < -0.39 is 0 Å². The van der Waals surface area contributed by atoms with E-state index >= 15 is 0 Å². The lowest BCUT2D eigenvalue weighted by Gasteiger charge is -2.07. The van der Waals surface area contributed by atoms with Crippen LogP contribution in [0.1, 0.15) is 28.3 Å². The summed E-state index contributed by atoms with van der Waals surface area (Å²) in [6.07, 6.45) is 0.515. The number of benzene rings is 2. The quantitative estimate of drug-likeness (QED) is 0.766. The van der Waals surface area contributed by atoms with Gasteiger partial charge in [-0.25, -0.2) is 0 Å². The van der Waals surface area contributed by atoms with Crippen molar-refractivity contribution in [2.75, 3.05) is 6.61 Å². The van der Waals surface area contributed by atoms with E-state index in [2.05, 4.69) is 0 Å². The minimum atomic E-state index is 0.181. The summed E-state index contributed by atoms with van der Waals surface area (Å²) in [6, 6.07) is 17.4. The van der Waals surface area contributed by atoms with E-state index in [0.29, 0.717) is 13.0 Å². The van der Waals surface area contributed by atoms with Gasteiger partial charge < -0.3 is 4.74 Å². The highest BCUT2D eigenvalue weighted by molar-refractivity contribution is 5.96. The fourth-order valence-corrected chi connectivity index (χ4v) is 2.36. The molecule has 90 valence electrons. The molecular weight excluding hydrogens is 224 g/mol. The Labute approximate surface area is 106 Å². The predicted octanol–water partition coefficient (Wildman–Crippen LogP) is 3.44. The van der Waals surface area contributed by atoms with Gasteiger partial charge in [-0.3, -0.25) is 4.79 Å². The van der Waals surface area contributed by atoms with E-state index in [9.17, 15) is 4.79 Å². The third-order valence-corrected chi connectivity index (χ3v) is 3.33. The van der Waals surface area contributed by atoms with Crippen LogP contribution in [0.4, 0.5) is 0 Å². The van der Waals surface area contributed by atoms with Crippen LogP contribution < -0.4 is 4.74 Å². The van der Waals surface area contributed by atoms with Crippen molar-refractivity contribution < 1.29 is 9.53 Å². The zero-order valence-corrected chi connectivity index (χ0v) is 10.0. The molecule has 0 amide bonds. The topological polar surface area (TPSA) is 26.3 Å². The van der Waals surface area contributed by atoms with Gasteiger partial charge in [0.05, 0.1) is 6.61 Å². The Morgan fingerprint density at radius 2 is 1.78 bits per heavy atom. The lowest BCUT2D eigenvalue weighted by Crippen LogP contribution is -2.08. The average molecular weight is 238 g/mol. The van der Waals surface area contributed by atoms with E-state index in [4.69, 9.17) is 4.74 Å². The molecule has 1 heterocycles. The second kappa shape index (κ2) is 4.65. The van der Waals surface area contributed by atoms with E-state index in [-0.39, 0.29) is 11.7 Å². The van der Waals surface area contributed by atoms with Gasteiger partial charge in [0.1, 0.15) is 5.75 Å². The third kappa shape index (κ3) is 2.02. The second-order valence-electron chi connectivity index (χ2n) is 4.54. The molecule has 0 saturated carbocycles. The van der Waals surface area contributed by atoms with Crippen molar-refractivity contribution in [2.45, 2.75) is 12.3 Å². The van der Waals surface area contributed by atoms with Gasteiger partial charge in [-0.2, -0.15) is 0 Å². The molecule has 18 heavy (non-hydrogen) atoms. The van der Waals surface area contributed by atoms with Crippen LogP contribution in [0.5, 0.6) is 5.75 Å². The van der Waals surface area contributed by atoms with Gasteiger partial charge in [-0.15, -0.1) is 0 Å². The van der Waals surface area contributed by atoms with Gasteiger partial charge in [0.2, 0.25) is 0 Å². The smallest absolute Gasteiger partial charge is 0.163 e. The molecule has 1 aliphatic rings. The van der Waals surface area contributed by atoms with E-state index in [1.54, 1.807) is 0 Å². The lowest BCUT2D eigenvalue weighted by molar-refractivity contribution is 0.0969. The Bertz CT molecular complexity index is 560. The number of ketones is 1. The Kier molecular flexibility index (Phi) is 2.85. The van der Waals surface area contributed by atoms with Gasteiger partial charge in [0.15, 0.2) is 5.78 Å². The van der Waals surface area contributed by atoms with Crippen LogP contribution in [-0.4, -0.2) is 12.4 Å². The van der Waals surface area contributed by atoms with Crippen molar-refractivity contribution in [1.29, 1.82) is 0 Å². The number of carbonyl (C=O) groups excluding carboxylic acids is 1. The number of ether oxygens (including phenoxy) is 1. The number of hydrogen-bond donors (Lipinski definition) is 0. The first-order valence-corrected chi connectivity index (χ1v) is 6.14. The molecule has 2 nitrogen and oxygen atoms in total. The largest absolute Gasteiger partial charge is 0.493 e. The van der Waals surface area contributed by atoms with Crippen LogP contribution in [0, 0.1) is 0 Å². The molecule has 0 aliphatic carbocycles. The predicted molar refractivity (Wildman–Crippen MR) is 70.1 cm³/mol. The van der Waals surface area contributed by atoms with E-state index in [1.165, 1.54) is 0 Å². The van der Waals surface area contributed by atoms with E-state index in [0.717, 1.165) is 16.9 Å². The highest BCUT2D eigenvalue weighted by Crippen LogP contribution is 2.35. The number of hydrogen-bond acceptors (Lipinski definition) is 2. The van der Waals surface area contributed by atoms with Crippen LogP contribution in [0.3, 0.4) is 0 Å². The summed E-state index contributed by atoms with van der Waals surface area (Å²) in [5.74, 6) is 1.29. The molecule has 0 aromatic heterocycles. The summed E-state index contributed by atoms with van der Waals surface area (Å²) in [7, 11) is 0. The van der Waals surface area contributed by atoms with Crippen LogP contribution in [-0.2, 0) is 0 Å². The molecule has 3 rings (SSSR count). The zero-order valence-electron chi connectivity index (χ0n) is 10.0. The van der Waals surface area contributed by atoms with Crippen molar-refractivity contribution in [2.24, 2.45) is 0 Å². The normalized spacial score (nSPS) is 17.0. The molecule has 0 bridgehead atoms. The molecule has 0 fully saturated rings. The SMILES string of the molecule is O=C(CC1COc2ccccc21)c1ccccc1. The highest BCUT2D eigenvalue weighted by Gasteiger charge is 2.26. The maximum Gasteiger partial charge on any atom is 0.163 e. The Hall–Kier alpha value is -2.09. The van der Waals surface area contributed by atoms with Gasteiger partial charge in [0, 0.05) is 23.5 Å². The minimum absolute atomic E-state index is 0.181. The van der Waals surface area contributed by atoms with Crippen LogP contribution >= 0.6 is 0 Å². The van der Waals surface area contributed by atoms with Gasteiger partial charge >= 0.3 is 0 Å². The van der Waals surface area contributed by atoms with Crippen molar-refractivity contribution >= 4 is 5.78 Å². The van der Waals surface area contributed by atoms with Crippen LogP contribution in [0.25, 0.3) is 0 Å². The van der Waals surface area contributed by atoms with Crippen molar-refractivity contribution in [3.8, 4) is 5.75 Å². The number of fused-ring (bicyclic) bond motifs is 1. The zero-order chi connectivity index (χ0) is 12.4. The molecule has 1 unspecified atom stereocenters. The Balaban J connectivity index is 1.77. The van der Waals surface area contributed by atoms with Crippen LogP contribution in [0.15, 0.2) is 54.6 Å². The molecule has 1 atom stereocenters. The summed E-state index contributed by atoms with van der Waals surface area (Å²) in [4.78, 5) is 12.2. The number of Topliss-reactive ketones (excluding diaryl/α,β-unsaturated/α-hetero) is 1. The highest BCUT2D eigenvalue weighted by atomic mass is 16.5. The maximum atomic E-state index is 12.2. The molecule has 0 saturated heterocycles. The standard InChI is InChI=1S/C16H14O2/c17-15(12-6-2-1-3-7-12)10-13-11-18-16-9-5-4-8-14(13)16/h1-9,13H,10-11H2. The first-order valence-electron chi connectivity index (χ1n) is 6.14. The lowest BCUT2D eigenvalue weighted by atomic mass is 9.93. The molecular formula is C16H14O2. The summed E-state index contributed by atoms with van der Waals surface area (Å²) in [5.41, 5.74) is 1.93. The summed E-state index contributed by atoms with van der Waals surface area (Å²) in [5, 5.41) is 0. The summed E-state index contributed by atoms with van der Waals surface area (Å²) >= 11 is 0. The molecule has 2 heteroatoms. The fraction of sp³-hybridized carbons (Fsp3) is 0.188. The minimum Gasteiger partial charge on any atom is -0.493 e. The number of carbonyl (C=O) groups is 1. The summed E-state index contributed by atoms with van der Waals surface area (Å²) < 4.78 is 5.60. The maximum absolute atomic E-state index is 12.2. The first-order chi connectivity index (χ1) is 8.84. The first kappa shape index (κ1) is 11.0. The number of para-hydroxylation sites is 1. The van der Waals surface area contributed by atoms with Gasteiger partial charge in [0.25, 0.3) is 0 Å². The molecule has 1 aliphatic heterocycles. The van der Waals surface area contributed by atoms with Gasteiger partial charge in [-0.05, 0) is 6.07 Å². The molecule has 0 radical (unpaired) electrons.